The lowest BCUT2D eigenvalue weighted by atomic mass is 9.95. The summed E-state index contributed by atoms with van der Waals surface area (Å²) < 4.78 is 47.1. The fourth-order valence-electron chi connectivity index (χ4n) is 3.57. The van der Waals surface area contributed by atoms with Crippen molar-refractivity contribution < 1.29 is 27.3 Å². The third-order valence-corrected chi connectivity index (χ3v) is 5.76. The van der Waals surface area contributed by atoms with E-state index in [1.54, 1.807) is 6.07 Å². The van der Waals surface area contributed by atoms with Crippen LogP contribution in [-0.4, -0.2) is 26.9 Å². The Bertz CT molecular complexity index is 1290. The van der Waals surface area contributed by atoms with Gasteiger partial charge < -0.3 is 15.2 Å². The Labute approximate surface area is 205 Å². The molecule has 0 aliphatic heterocycles. The number of hydrogen-bond donors (Lipinski definition) is 2. The summed E-state index contributed by atoms with van der Waals surface area (Å²) in [6.07, 6.45) is -1.61. The van der Waals surface area contributed by atoms with Crippen LogP contribution in [0.5, 0.6) is 0 Å². The van der Waals surface area contributed by atoms with E-state index in [2.05, 4.69) is 25.8 Å². The quantitative estimate of drug-likeness (QED) is 0.475. The van der Waals surface area contributed by atoms with E-state index in [9.17, 15) is 22.8 Å². The summed E-state index contributed by atoms with van der Waals surface area (Å²) in [4.78, 5) is 32.7. The molecule has 36 heavy (non-hydrogen) atoms. The second-order valence-electron chi connectivity index (χ2n) is 9.86. The van der Waals surface area contributed by atoms with Crippen LogP contribution in [-0.2, 0) is 16.4 Å². The normalized spacial score (nSPS) is 14.9. The SMILES string of the molecule is C[C@H](NC(=O)c1nc(C(C)(C)C)no1)c1ccc(-c2ccnc(NC(=O)C3CC3)c2)cc1C(F)(F)F. The molecule has 0 radical (unpaired) electrons. The molecule has 4 rings (SSSR count). The van der Waals surface area contributed by atoms with Gasteiger partial charge in [0.1, 0.15) is 5.82 Å². The van der Waals surface area contributed by atoms with E-state index >= 15 is 0 Å². The Hall–Kier alpha value is -3.76. The van der Waals surface area contributed by atoms with Crippen molar-refractivity contribution >= 4 is 17.6 Å². The van der Waals surface area contributed by atoms with E-state index < -0.39 is 29.1 Å². The molecule has 1 aromatic carbocycles. The minimum Gasteiger partial charge on any atom is -0.341 e. The minimum atomic E-state index is -4.68. The monoisotopic (exact) mass is 501 g/mol. The number of nitrogens with zero attached hydrogens (tertiary/aromatic N) is 3. The van der Waals surface area contributed by atoms with Crippen molar-refractivity contribution in [3.05, 3.63) is 59.4 Å². The maximum atomic E-state index is 14.0. The summed E-state index contributed by atoms with van der Waals surface area (Å²) in [6.45, 7) is 6.96. The smallest absolute Gasteiger partial charge is 0.341 e. The highest BCUT2D eigenvalue weighted by molar-refractivity contribution is 5.93. The summed E-state index contributed by atoms with van der Waals surface area (Å²) in [7, 11) is 0. The predicted octanol–water partition coefficient (Wildman–Crippen LogP) is 5.29. The van der Waals surface area contributed by atoms with Crippen LogP contribution in [0.2, 0.25) is 0 Å². The second-order valence-corrected chi connectivity index (χ2v) is 9.86. The van der Waals surface area contributed by atoms with Crippen LogP contribution in [0.15, 0.2) is 41.1 Å². The molecule has 0 saturated heterocycles. The molecule has 8 nitrogen and oxygen atoms in total. The number of hydrogen-bond acceptors (Lipinski definition) is 6. The predicted molar refractivity (Wildman–Crippen MR) is 125 cm³/mol. The van der Waals surface area contributed by atoms with Crippen LogP contribution >= 0.6 is 0 Å². The summed E-state index contributed by atoms with van der Waals surface area (Å²) in [5.41, 5.74) is -0.716. The Morgan fingerprint density at radius 1 is 1.08 bits per heavy atom. The molecule has 2 amide bonds. The topological polar surface area (TPSA) is 110 Å². The number of anilines is 1. The molecular formula is C25H26F3N5O3. The number of rotatable bonds is 6. The van der Waals surface area contributed by atoms with Crippen molar-refractivity contribution in [2.75, 3.05) is 5.32 Å². The van der Waals surface area contributed by atoms with Crippen molar-refractivity contribution in [1.82, 2.24) is 20.4 Å². The zero-order chi connectivity index (χ0) is 26.3. The number of carbonyl (C=O) groups excluding carboxylic acids is 2. The van der Waals surface area contributed by atoms with Gasteiger partial charge in [-0.05, 0) is 54.7 Å². The Balaban J connectivity index is 1.58. The molecule has 1 aliphatic carbocycles. The number of amides is 2. The van der Waals surface area contributed by atoms with Crippen molar-refractivity contribution in [2.45, 2.75) is 58.2 Å². The summed E-state index contributed by atoms with van der Waals surface area (Å²) >= 11 is 0. The molecule has 1 atom stereocenters. The fourth-order valence-corrected chi connectivity index (χ4v) is 3.57. The zero-order valence-corrected chi connectivity index (χ0v) is 20.2. The van der Waals surface area contributed by atoms with E-state index in [1.807, 2.05) is 20.8 Å². The van der Waals surface area contributed by atoms with E-state index in [0.29, 0.717) is 17.0 Å². The third-order valence-electron chi connectivity index (χ3n) is 5.76. The molecule has 190 valence electrons. The molecule has 2 N–H and O–H groups in total. The van der Waals surface area contributed by atoms with Crippen LogP contribution in [0, 0.1) is 5.92 Å². The molecule has 1 aliphatic rings. The van der Waals surface area contributed by atoms with Crippen molar-refractivity contribution in [3.63, 3.8) is 0 Å². The first-order valence-electron chi connectivity index (χ1n) is 11.5. The average molecular weight is 502 g/mol. The number of halogens is 3. The highest BCUT2D eigenvalue weighted by Crippen LogP contribution is 2.38. The highest BCUT2D eigenvalue weighted by Gasteiger charge is 2.36. The van der Waals surface area contributed by atoms with Gasteiger partial charge in [0.15, 0.2) is 5.82 Å². The third kappa shape index (κ3) is 5.72. The Kier molecular flexibility index (Phi) is 6.59. The summed E-state index contributed by atoms with van der Waals surface area (Å²) in [5, 5.41) is 8.97. The van der Waals surface area contributed by atoms with Gasteiger partial charge in [0.2, 0.25) is 5.91 Å². The van der Waals surface area contributed by atoms with E-state index in [-0.39, 0.29) is 29.1 Å². The van der Waals surface area contributed by atoms with E-state index in [4.69, 9.17) is 4.52 Å². The van der Waals surface area contributed by atoms with Gasteiger partial charge in [-0.1, -0.05) is 38.1 Å². The average Bonchev–Trinajstić information content (AvgIpc) is 3.53. The van der Waals surface area contributed by atoms with Crippen LogP contribution in [0.1, 0.15) is 74.2 Å². The van der Waals surface area contributed by atoms with Crippen molar-refractivity contribution in [3.8, 4) is 11.1 Å². The van der Waals surface area contributed by atoms with Gasteiger partial charge >= 0.3 is 18.0 Å². The molecule has 2 aromatic heterocycles. The minimum absolute atomic E-state index is 0.0320. The van der Waals surface area contributed by atoms with Crippen molar-refractivity contribution in [1.29, 1.82) is 0 Å². The van der Waals surface area contributed by atoms with Crippen LogP contribution in [0.25, 0.3) is 11.1 Å². The maximum absolute atomic E-state index is 14.0. The van der Waals surface area contributed by atoms with Crippen LogP contribution < -0.4 is 10.6 Å². The zero-order valence-electron chi connectivity index (χ0n) is 20.2. The molecule has 0 spiro atoms. The second kappa shape index (κ2) is 9.36. The molecule has 0 bridgehead atoms. The lowest BCUT2D eigenvalue weighted by molar-refractivity contribution is -0.138. The summed E-state index contributed by atoms with van der Waals surface area (Å²) in [5.74, 6) is -0.688. The van der Waals surface area contributed by atoms with Gasteiger partial charge in [0.05, 0.1) is 11.6 Å². The fraction of sp³-hybridized carbons (Fsp3) is 0.400. The number of alkyl halides is 3. The molecule has 2 heterocycles. The number of pyridine rings is 1. The lowest BCUT2D eigenvalue weighted by Crippen LogP contribution is -2.28. The van der Waals surface area contributed by atoms with Gasteiger partial charge in [0, 0.05) is 17.5 Å². The summed E-state index contributed by atoms with van der Waals surface area (Å²) in [6, 6.07) is 5.96. The van der Waals surface area contributed by atoms with Crippen LogP contribution in [0.4, 0.5) is 19.0 Å². The first-order chi connectivity index (χ1) is 16.8. The molecule has 0 unspecified atom stereocenters. The van der Waals surface area contributed by atoms with E-state index in [1.165, 1.54) is 31.3 Å². The molecule has 11 heteroatoms. The van der Waals surface area contributed by atoms with Gasteiger partial charge in [-0.15, -0.1) is 0 Å². The van der Waals surface area contributed by atoms with E-state index in [0.717, 1.165) is 18.9 Å². The largest absolute Gasteiger partial charge is 0.416 e. The van der Waals surface area contributed by atoms with Crippen molar-refractivity contribution in [2.24, 2.45) is 5.92 Å². The highest BCUT2D eigenvalue weighted by atomic mass is 19.4. The Morgan fingerprint density at radius 3 is 2.39 bits per heavy atom. The standard InChI is InChI=1S/C25H26F3N5O3/c1-13(30-21(35)22-32-23(33-36-22)24(2,3)4)17-8-7-15(11-18(17)25(26,27)28)16-9-10-29-19(12-16)31-20(34)14-5-6-14/h7-14H,5-6H2,1-4H3,(H,30,35)(H,29,31,34)/t13-/m0/s1. The Morgan fingerprint density at radius 2 is 1.78 bits per heavy atom. The molecule has 1 fully saturated rings. The molecule has 3 aromatic rings. The first-order valence-corrected chi connectivity index (χ1v) is 11.5. The first kappa shape index (κ1) is 25.3. The maximum Gasteiger partial charge on any atom is 0.416 e. The van der Waals surface area contributed by atoms with Gasteiger partial charge in [-0.2, -0.15) is 18.2 Å². The lowest BCUT2D eigenvalue weighted by Gasteiger charge is -2.20. The number of nitrogens with one attached hydrogen (secondary N) is 2. The van der Waals surface area contributed by atoms with Gasteiger partial charge in [-0.25, -0.2) is 4.98 Å². The van der Waals surface area contributed by atoms with Gasteiger partial charge in [0.25, 0.3) is 0 Å². The molecular weight excluding hydrogens is 475 g/mol. The number of benzene rings is 1. The van der Waals surface area contributed by atoms with Gasteiger partial charge in [-0.3, -0.25) is 9.59 Å². The number of aromatic nitrogens is 3. The molecule has 1 saturated carbocycles. The van der Waals surface area contributed by atoms with Crippen LogP contribution in [0.3, 0.4) is 0 Å². The number of carbonyl (C=O) groups is 2.